The molecule has 3 rings (SSSR count). The van der Waals surface area contributed by atoms with E-state index in [4.69, 9.17) is 0 Å². The number of nitrogens with zero attached hydrogens (tertiary/aromatic N) is 2. The Kier molecular flexibility index (Phi) is 4.29. The van der Waals surface area contributed by atoms with Crippen molar-refractivity contribution in [1.29, 1.82) is 0 Å². The number of methoxy groups -OCH3 is 1. The minimum Gasteiger partial charge on any atom is -0.465 e. The first kappa shape index (κ1) is 15.7. The highest BCUT2D eigenvalue weighted by Crippen LogP contribution is 2.15. The number of pyridine rings is 1. The molecule has 0 fully saturated rings. The molecule has 0 saturated heterocycles. The summed E-state index contributed by atoms with van der Waals surface area (Å²) in [6.07, 6.45) is 1.79. The van der Waals surface area contributed by atoms with Crippen LogP contribution in [0, 0.1) is 0 Å². The fourth-order valence-corrected chi connectivity index (χ4v) is 2.43. The predicted molar refractivity (Wildman–Crippen MR) is 88.9 cm³/mol. The van der Waals surface area contributed by atoms with Crippen LogP contribution in [0.5, 0.6) is 0 Å². The van der Waals surface area contributed by atoms with Gasteiger partial charge in [0, 0.05) is 6.20 Å². The number of nitrogens with one attached hydrogen (secondary N) is 1. The molecule has 1 N–H and O–H groups in total. The Hall–Kier alpha value is -3.15. The van der Waals surface area contributed by atoms with Gasteiger partial charge in [0.05, 0.1) is 24.2 Å². The second kappa shape index (κ2) is 6.54. The average Bonchev–Trinajstić information content (AvgIpc) is 3.05. The van der Waals surface area contributed by atoms with Crippen LogP contribution in [0.3, 0.4) is 0 Å². The molecule has 0 spiro atoms. The molecule has 2 heterocycles. The highest BCUT2D eigenvalue weighted by atomic mass is 16.5. The molecule has 0 aliphatic rings. The highest BCUT2D eigenvalue weighted by molar-refractivity contribution is 5.93. The van der Waals surface area contributed by atoms with Gasteiger partial charge in [-0.3, -0.25) is 4.79 Å². The summed E-state index contributed by atoms with van der Waals surface area (Å²) < 4.78 is 6.33. The zero-order valence-corrected chi connectivity index (χ0v) is 13.4. The second-order valence-corrected chi connectivity index (χ2v) is 5.41. The Morgan fingerprint density at radius 1 is 1.17 bits per heavy atom. The Balaban J connectivity index is 1.72. The van der Waals surface area contributed by atoms with Crippen molar-refractivity contribution in [1.82, 2.24) is 14.9 Å². The number of amides is 1. The number of hydrogen-bond acceptors (Lipinski definition) is 4. The number of rotatable bonds is 4. The first-order valence-electron chi connectivity index (χ1n) is 7.52. The van der Waals surface area contributed by atoms with Gasteiger partial charge in [-0.2, -0.15) is 5.10 Å². The molecule has 122 valence electrons. The molecule has 0 bridgehead atoms. The van der Waals surface area contributed by atoms with E-state index < -0.39 is 0 Å². The van der Waals surface area contributed by atoms with Gasteiger partial charge in [-0.15, -0.1) is 0 Å². The third-order valence-electron chi connectivity index (χ3n) is 3.78. The summed E-state index contributed by atoms with van der Waals surface area (Å²) in [6, 6.07) is 14.1. The molecule has 0 radical (unpaired) electrons. The van der Waals surface area contributed by atoms with E-state index in [-0.39, 0.29) is 17.9 Å². The molecule has 1 aromatic carbocycles. The third kappa shape index (κ3) is 3.12. The molecule has 1 unspecified atom stereocenters. The maximum absolute atomic E-state index is 12.4. The SMILES string of the molecule is COC(=O)c1ccc(C(C)NC(=O)c2cc3ccccn3n2)cc1. The van der Waals surface area contributed by atoms with Crippen LogP contribution in [0.1, 0.15) is 39.4 Å². The van der Waals surface area contributed by atoms with E-state index in [9.17, 15) is 9.59 Å². The van der Waals surface area contributed by atoms with E-state index >= 15 is 0 Å². The standard InChI is InChI=1S/C18H17N3O3/c1-12(13-6-8-14(9-7-13)18(23)24-2)19-17(22)16-11-15-5-3-4-10-21(15)20-16/h3-12H,1-2H3,(H,19,22). The summed E-state index contributed by atoms with van der Waals surface area (Å²) in [5.74, 6) is -0.633. The van der Waals surface area contributed by atoms with Gasteiger partial charge in [0.25, 0.3) is 5.91 Å². The molecule has 6 heteroatoms. The zero-order chi connectivity index (χ0) is 17.1. The molecule has 1 amide bonds. The number of esters is 1. The fourth-order valence-electron chi connectivity index (χ4n) is 2.43. The van der Waals surface area contributed by atoms with Crippen LogP contribution in [0.25, 0.3) is 5.52 Å². The fraction of sp³-hybridized carbons (Fsp3) is 0.167. The van der Waals surface area contributed by atoms with Crippen LogP contribution < -0.4 is 5.32 Å². The van der Waals surface area contributed by atoms with Gasteiger partial charge >= 0.3 is 5.97 Å². The summed E-state index contributed by atoms with van der Waals surface area (Å²) >= 11 is 0. The van der Waals surface area contributed by atoms with Crippen molar-refractivity contribution in [2.75, 3.05) is 7.11 Å². The number of hydrogen-bond donors (Lipinski definition) is 1. The zero-order valence-electron chi connectivity index (χ0n) is 13.4. The summed E-state index contributed by atoms with van der Waals surface area (Å²) in [5.41, 5.74) is 2.58. The minimum atomic E-state index is -0.386. The molecule has 1 atom stereocenters. The van der Waals surface area contributed by atoms with Crippen LogP contribution in [0.4, 0.5) is 0 Å². The number of carbonyl (C=O) groups is 2. The predicted octanol–water partition coefficient (Wildman–Crippen LogP) is 2.61. The summed E-state index contributed by atoms with van der Waals surface area (Å²) in [7, 11) is 1.34. The maximum Gasteiger partial charge on any atom is 0.337 e. The van der Waals surface area contributed by atoms with Crippen molar-refractivity contribution >= 4 is 17.4 Å². The van der Waals surface area contributed by atoms with Gasteiger partial charge in [0.15, 0.2) is 5.69 Å². The van der Waals surface area contributed by atoms with E-state index in [1.807, 2.05) is 25.1 Å². The van der Waals surface area contributed by atoms with Crippen LogP contribution in [0.15, 0.2) is 54.7 Å². The van der Waals surface area contributed by atoms with Crippen LogP contribution in [0.2, 0.25) is 0 Å². The molecular weight excluding hydrogens is 306 g/mol. The molecular formula is C18H17N3O3. The molecule has 0 aliphatic carbocycles. The van der Waals surface area contributed by atoms with Crippen molar-refractivity contribution in [3.05, 3.63) is 71.5 Å². The van der Waals surface area contributed by atoms with Crippen molar-refractivity contribution in [2.24, 2.45) is 0 Å². The van der Waals surface area contributed by atoms with E-state index in [1.54, 1.807) is 41.0 Å². The van der Waals surface area contributed by atoms with Crippen LogP contribution in [-0.2, 0) is 4.74 Å². The molecule has 24 heavy (non-hydrogen) atoms. The molecule has 2 aromatic heterocycles. The lowest BCUT2D eigenvalue weighted by atomic mass is 10.1. The average molecular weight is 323 g/mol. The summed E-state index contributed by atoms with van der Waals surface area (Å²) in [6.45, 7) is 1.88. The summed E-state index contributed by atoms with van der Waals surface area (Å²) in [4.78, 5) is 23.8. The lowest BCUT2D eigenvalue weighted by Crippen LogP contribution is -2.27. The molecule has 0 saturated carbocycles. The minimum absolute atomic E-state index is 0.214. The molecule has 3 aromatic rings. The number of fused-ring (bicyclic) bond motifs is 1. The first-order chi connectivity index (χ1) is 11.6. The lowest BCUT2D eigenvalue weighted by molar-refractivity contribution is 0.0600. The van der Waals surface area contributed by atoms with E-state index in [2.05, 4.69) is 15.2 Å². The monoisotopic (exact) mass is 323 g/mol. The van der Waals surface area contributed by atoms with Crippen molar-refractivity contribution in [3.8, 4) is 0 Å². The first-order valence-corrected chi connectivity index (χ1v) is 7.52. The van der Waals surface area contributed by atoms with Gasteiger partial charge in [-0.05, 0) is 42.8 Å². The van der Waals surface area contributed by atoms with Crippen molar-refractivity contribution in [3.63, 3.8) is 0 Å². The Morgan fingerprint density at radius 3 is 2.58 bits per heavy atom. The number of carbonyl (C=O) groups excluding carboxylic acids is 2. The van der Waals surface area contributed by atoms with E-state index in [0.29, 0.717) is 11.3 Å². The van der Waals surface area contributed by atoms with Crippen LogP contribution >= 0.6 is 0 Å². The van der Waals surface area contributed by atoms with Gasteiger partial charge in [-0.1, -0.05) is 18.2 Å². The molecule has 0 aliphatic heterocycles. The smallest absolute Gasteiger partial charge is 0.337 e. The third-order valence-corrected chi connectivity index (χ3v) is 3.78. The van der Waals surface area contributed by atoms with Crippen molar-refractivity contribution in [2.45, 2.75) is 13.0 Å². The van der Waals surface area contributed by atoms with Gasteiger partial charge in [0.2, 0.25) is 0 Å². The van der Waals surface area contributed by atoms with E-state index in [0.717, 1.165) is 11.1 Å². The van der Waals surface area contributed by atoms with E-state index in [1.165, 1.54) is 7.11 Å². The van der Waals surface area contributed by atoms with Gasteiger partial charge in [-0.25, -0.2) is 9.31 Å². The molecule has 6 nitrogen and oxygen atoms in total. The lowest BCUT2D eigenvalue weighted by Gasteiger charge is -2.13. The van der Waals surface area contributed by atoms with Gasteiger partial charge < -0.3 is 10.1 Å². The van der Waals surface area contributed by atoms with Crippen molar-refractivity contribution < 1.29 is 14.3 Å². The Bertz CT molecular complexity index is 851. The normalized spacial score (nSPS) is 11.9. The largest absolute Gasteiger partial charge is 0.465 e. The second-order valence-electron chi connectivity index (χ2n) is 5.41. The Morgan fingerprint density at radius 2 is 1.92 bits per heavy atom. The number of aromatic nitrogens is 2. The quantitative estimate of drug-likeness (QED) is 0.749. The van der Waals surface area contributed by atoms with Crippen LogP contribution in [-0.4, -0.2) is 28.6 Å². The highest BCUT2D eigenvalue weighted by Gasteiger charge is 2.15. The Labute approximate surface area is 139 Å². The topological polar surface area (TPSA) is 72.7 Å². The number of benzene rings is 1. The maximum atomic E-state index is 12.4. The summed E-state index contributed by atoms with van der Waals surface area (Å²) in [5, 5.41) is 7.16. The number of ether oxygens (including phenoxy) is 1. The van der Waals surface area contributed by atoms with Gasteiger partial charge in [0.1, 0.15) is 0 Å².